The largest absolute Gasteiger partial charge is 0.293 e. The third-order valence-corrected chi connectivity index (χ3v) is 3.71. The first kappa shape index (κ1) is 9.91. The average molecular weight is 323 g/mol. The third kappa shape index (κ3) is 1.76. The monoisotopic (exact) mass is 323 g/mol. The molecular formula is C8H6INO3S. The molecule has 1 aromatic rings. The predicted molar refractivity (Wildman–Crippen MR) is 60.9 cm³/mol. The Kier molecular flexibility index (Phi) is 2.26. The highest BCUT2D eigenvalue weighted by atomic mass is 127. The first-order chi connectivity index (χ1) is 6.48. The molecule has 0 bridgehead atoms. The second-order valence-corrected chi connectivity index (χ2v) is 5.94. The smallest absolute Gasteiger partial charge is 0.240 e. The number of hydrogen-bond acceptors (Lipinski definition) is 3. The van der Waals surface area contributed by atoms with Gasteiger partial charge in [0.25, 0.3) is 0 Å². The Hall–Kier alpha value is -0.630. The Morgan fingerprint density at radius 2 is 2.07 bits per heavy atom. The molecule has 0 radical (unpaired) electrons. The van der Waals surface area contributed by atoms with Crippen LogP contribution in [0.2, 0.25) is 0 Å². The van der Waals surface area contributed by atoms with Crippen molar-refractivity contribution in [3.8, 4) is 0 Å². The van der Waals surface area contributed by atoms with Crippen molar-refractivity contribution < 1.29 is 13.2 Å². The summed E-state index contributed by atoms with van der Waals surface area (Å²) in [5.74, 6) is -0.808. The summed E-state index contributed by atoms with van der Waals surface area (Å²) in [6.07, 6.45) is 0. The molecule has 0 atom stereocenters. The van der Waals surface area contributed by atoms with Gasteiger partial charge in [0.15, 0.2) is 5.78 Å². The topological polar surface area (TPSA) is 63.2 Å². The molecule has 1 aromatic carbocycles. The first-order valence-corrected chi connectivity index (χ1v) is 6.54. The van der Waals surface area contributed by atoms with Crippen LogP contribution in [-0.2, 0) is 10.0 Å². The zero-order valence-electron chi connectivity index (χ0n) is 6.95. The lowest BCUT2D eigenvalue weighted by Gasteiger charge is -2.16. The zero-order chi connectivity index (χ0) is 10.3. The number of hydrogen-bond donors (Lipinski definition) is 1. The number of carbonyl (C=O) groups excluding carboxylic acids is 1. The van der Waals surface area contributed by atoms with Crippen molar-refractivity contribution in [2.75, 3.05) is 10.5 Å². The van der Waals surface area contributed by atoms with Gasteiger partial charge in [0.2, 0.25) is 10.0 Å². The van der Waals surface area contributed by atoms with Crippen LogP contribution in [0.15, 0.2) is 18.2 Å². The summed E-state index contributed by atoms with van der Waals surface area (Å²) in [5.41, 5.74) is 0.827. The fourth-order valence-corrected chi connectivity index (χ4v) is 2.87. The Bertz CT molecular complexity index is 509. The maximum absolute atomic E-state index is 11.4. The van der Waals surface area contributed by atoms with E-state index in [4.69, 9.17) is 0 Å². The molecule has 0 saturated carbocycles. The van der Waals surface area contributed by atoms with Crippen LogP contribution in [0.1, 0.15) is 10.4 Å². The summed E-state index contributed by atoms with van der Waals surface area (Å²) in [5, 5.41) is 0. The molecule has 4 nitrogen and oxygen atoms in total. The van der Waals surface area contributed by atoms with E-state index in [1.807, 2.05) is 0 Å². The molecule has 1 heterocycles. The van der Waals surface area contributed by atoms with Crippen LogP contribution in [0.5, 0.6) is 0 Å². The predicted octanol–water partition coefficient (Wildman–Crippen LogP) is 1.23. The number of ketones is 1. The van der Waals surface area contributed by atoms with Crippen LogP contribution in [-0.4, -0.2) is 20.0 Å². The van der Waals surface area contributed by atoms with Gasteiger partial charge < -0.3 is 0 Å². The van der Waals surface area contributed by atoms with Gasteiger partial charge in [-0.3, -0.25) is 9.52 Å². The summed E-state index contributed by atoms with van der Waals surface area (Å²) in [6.45, 7) is 0. The minimum atomic E-state index is -3.46. The molecule has 0 saturated heterocycles. The van der Waals surface area contributed by atoms with Crippen molar-refractivity contribution in [1.29, 1.82) is 0 Å². The van der Waals surface area contributed by atoms with E-state index in [9.17, 15) is 13.2 Å². The lowest BCUT2D eigenvalue weighted by Crippen LogP contribution is -2.29. The summed E-state index contributed by atoms with van der Waals surface area (Å²) >= 11 is 2.08. The van der Waals surface area contributed by atoms with E-state index in [-0.39, 0.29) is 5.78 Å². The van der Waals surface area contributed by atoms with Gasteiger partial charge in [-0.25, -0.2) is 8.42 Å². The van der Waals surface area contributed by atoms with Crippen LogP contribution < -0.4 is 4.72 Å². The highest BCUT2D eigenvalue weighted by molar-refractivity contribution is 14.1. The SMILES string of the molecule is O=C1CS(=O)(=O)Nc2ccc(I)cc21. The second-order valence-electron chi connectivity index (χ2n) is 2.97. The van der Waals surface area contributed by atoms with Crippen LogP contribution in [0.25, 0.3) is 0 Å². The van der Waals surface area contributed by atoms with Crippen molar-refractivity contribution in [2.45, 2.75) is 0 Å². The normalized spacial score (nSPS) is 18.5. The van der Waals surface area contributed by atoms with Gasteiger partial charge in [0.1, 0.15) is 5.75 Å². The van der Waals surface area contributed by atoms with Crippen molar-refractivity contribution in [1.82, 2.24) is 0 Å². The zero-order valence-corrected chi connectivity index (χ0v) is 9.92. The molecule has 1 N–H and O–H groups in total. The second kappa shape index (κ2) is 3.20. The summed E-state index contributed by atoms with van der Waals surface area (Å²) in [4.78, 5) is 11.4. The average Bonchev–Trinajstić information content (AvgIpc) is 2.05. The summed E-state index contributed by atoms with van der Waals surface area (Å²) in [6, 6.07) is 5.03. The summed E-state index contributed by atoms with van der Waals surface area (Å²) < 4.78 is 25.6. The molecule has 1 aliphatic heterocycles. The molecule has 74 valence electrons. The fourth-order valence-electron chi connectivity index (χ4n) is 1.29. The van der Waals surface area contributed by atoms with E-state index in [0.717, 1.165) is 3.57 Å². The van der Waals surface area contributed by atoms with E-state index in [2.05, 4.69) is 27.3 Å². The lowest BCUT2D eigenvalue weighted by molar-refractivity contribution is 0.102. The molecule has 0 aromatic heterocycles. The third-order valence-electron chi connectivity index (χ3n) is 1.87. The Labute approximate surface area is 94.9 Å². The number of fused-ring (bicyclic) bond motifs is 1. The highest BCUT2D eigenvalue weighted by Crippen LogP contribution is 2.24. The maximum Gasteiger partial charge on any atom is 0.240 e. The molecular weight excluding hydrogens is 317 g/mol. The summed E-state index contributed by atoms with van der Waals surface area (Å²) in [7, 11) is -3.46. The minimum Gasteiger partial charge on any atom is -0.293 e. The maximum atomic E-state index is 11.4. The van der Waals surface area contributed by atoms with E-state index in [0.29, 0.717) is 11.3 Å². The number of halogens is 1. The molecule has 0 spiro atoms. The van der Waals surface area contributed by atoms with Crippen LogP contribution >= 0.6 is 22.6 Å². The molecule has 0 aliphatic carbocycles. The standard InChI is InChI=1S/C8H6INO3S/c9-5-1-2-7-6(3-5)8(11)4-14(12,13)10-7/h1-3,10H,4H2. The Morgan fingerprint density at radius 3 is 2.79 bits per heavy atom. The number of benzene rings is 1. The van der Waals surface area contributed by atoms with Crippen LogP contribution in [0.3, 0.4) is 0 Å². The van der Waals surface area contributed by atoms with E-state index in [1.54, 1.807) is 18.2 Å². The Balaban J connectivity index is 2.62. The number of carbonyl (C=O) groups is 1. The molecule has 0 amide bonds. The molecule has 0 unspecified atom stereocenters. The molecule has 6 heteroatoms. The van der Waals surface area contributed by atoms with Gasteiger partial charge in [-0.2, -0.15) is 0 Å². The van der Waals surface area contributed by atoms with Crippen molar-refractivity contribution in [2.24, 2.45) is 0 Å². The fraction of sp³-hybridized carbons (Fsp3) is 0.125. The van der Waals surface area contributed by atoms with Gasteiger partial charge in [0, 0.05) is 9.13 Å². The van der Waals surface area contributed by atoms with Gasteiger partial charge in [-0.05, 0) is 40.8 Å². The molecule has 2 rings (SSSR count). The molecule has 0 fully saturated rings. The van der Waals surface area contributed by atoms with E-state index < -0.39 is 15.8 Å². The van der Waals surface area contributed by atoms with Gasteiger partial charge in [-0.1, -0.05) is 0 Å². The van der Waals surface area contributed by atoms with Gasteiger partial charge in [0.05, 0.1) is 5.69 Å². The van der Waals surface area contributed by atoms with Gasteiger partial charge in [-0.15, -0.1) is 0 Å². The van der Waals surface area contributed by atoms with Gasteiger partial charge >= 0.3 is 0 Å². The van der Waals surface area contributed by atoms with Crippen LogP contribution in [0, 0.1) is 3.57 Å². The molecule has 14 heavy (non-hydrogen) atoms. The molecule has 1 aliphatic rings. The van der Waals surface area contributed by atoms with Crippen molar-refractivity contribution in [3.05, 3.63) is 27.3 Å². The number of anilines is 1. The number of Topliss-reactive ketones (excluding diaryl/α,β-unsaturated/α-hetero) is 1. The minimum absolute atomic E-state index is 0.350. The Morgan fingerprint density at radius 1 is 1.36 bits per heavy atom. The number of sulfonamides is 1. The number of rotatable bonds is 0. The van der Waals surface area contributed by atoms with E-state index in [1.165, 1.54) is 0 Å². The lowest BCUT2D eigenvalue weighted by atomic mass is 10.1. The first-order valence-electron chi connectivity index (χ1n) is 3.81. The quantitative estimate of drug-likeness (QED) is 0.731. The van der Waals surface area contributed by atoms with Crippen LogP contribution in [0.4, 0.5) is 5.69 Å². The van der Waals surface area contributed by atoms with E-state index >= 15 is 0 Å². The number of nitrogens with one attached hydrogen (secondary N) is 1. The van der Waals surface area contributed by atoms with Crippen molar-refractivity contribution >= 4 is 44.1 Å². The highest BCUT2D eigenvalue weighted by Gasteiger charge is 2.26. The van der Waals surface area contributed by atoms with Crippen molar-refractivity contribution in [3.63, 3.8) is 0 Å².